The number of carbonyl (C=O) groups is 1. The van der Waals surface area contributed by atoms with E-state index < -0.39 is 0 Å². The molecule has 1 N–H and O–H groups in total. The van der Waals surface area contributed by atoms with Crippen molar-refractivity contribution in [3.05, 3.63) is 12.2 Å². The molecule has 1 amide bonds. The molecule has 4 nitrogen and oxygen atoms in total. The van der Waals surface area contributed by atoms with Crippen LogP contribution < -0.4 is 5.32 Å². The molecule has 1 aliphatic heterocycles. The number of hydrogen-bond acceptors (Lipinski definition) is 2. The fourth-order valence-corrected chi connectivity index (χ4v) is 4.39. The van der Waals surface area contributed by atoms with E-state index in [0.29, 0.717) is 6.17 Å². The Morgan fingerprint density at radius 2 is 1.68 bits per heavy atom. The molecule has 4 heteroatoms. The zero-order chi connectivity index (χ0) is 20.7. The smallest absolute Gasteiger partial charge is 0.221 e. The summed E-state index contributed by atoms with van der Waals surface area (Å²) in [6.07, 6.45) is 22.9. The van der Waals surface area contributed by atoms with Crippen LogP contribution in [0.3, 0.4) is 0 Å². The van der Waals surface area contributed by atoms with E-state index in [1.807, 2.05) is 0 Å². The normalized spacial score (nSPS) is 22.8. The van der Waals surface area contributed by atoms with Gasteiger partial charge in [-0.25, -0.2) is 4.99 Å². The average molecular weight is 393 g/mol. The Hall–Kier alpha value is -1.16. The van der Waals surface area contributed by atoms with Crippen molar-refractivity contribution in [1.29, 1.82) is 0 Å². The molecule has 3 unspecified atom stereocenters. The van der Waals surface area contributed by atoms with Crippen molar-refractivity contribution in [2.75, 3.05) is 13.1 Å². The van der Waals surface area contributed by atoms with Crippen LogP contribution >= 0.6 is 0 Å². The maximum Gasteiger partial charge on any atom is 0.221 e. The van der Waals surface area contributed by atoms with Gasteiger partial charge < -0.3 is 5.32 Å². The van der Waals surface area contributed by atoms with Gasteiger partial charge in [0.2, 0.25) is 5.91 Å². The van der Waals surface area contributed by atoms with Crippen molar-refractivity contribution in [3.63, 3.8) is 0 Å². The number of aliphatic imine (C=N–C) groups is 1. The van der Waals surface area contributed by atoms with E-state index in [2.05, 4.69) is 44.5 Å². The second-order valence-electron chi connectivity index (χ2n) is 8.46. The number of rotatable bonds is 16. The lowest BCUT2D eigenvalue weighted by atomic mass is 10.1. The van der Waals surface area contributed by atoms with E-state index >= 15 is 0 Å². The molecule has 0 fully saturated rings. The van der Waals surface area contributed by atoms with Gasteiger partial charge in [-0.3, -0.25) is 9.28 Å². The van der Waals surface area contributed by atoms with Gasteiger partial charge in [-0.1, -0.05) is 64.0 Å². The average Bonchev–Trinajstić information content (AvgIpc) is 3.09. The van der Waals surface area contributed by atoms with Gasteiger partial charge >= 0.3 is 0 Å². The van der Waals surface area contributed by atoms with Gasteiger partial charge in [-0.2, -0.15) is 0 Å². The highest BCUT2D eigenvalue weighted by Crippen LogP contribution is 2.27. The third kappa shape index (κ3) is 8.89. The molecule has 0 aromatic carbocycles. The summed E-state index contributed by atoms with van der Waals surface area (Å²) < 4.78 is 0.880. The Bertz CT molecular complexity index is 474. The predicted octanol–water partition coefficient (Wildman–Crippen LogP) is 5.97. The lowest BCUT2D eigenvalue weighted by Gasteiger charge is -2.42. The molecule has 28 heavy (non-hydrogen) atoms. The SMILES string of the molecule is CCCC/C=C/CCCCCCCCCC1N=CC[N+]1(CC)C(C)NC(C)=O. The number of amides is 1. The first-order chi connectivity index (χ1) is 13.6. The van der Waals surface area contributed by atoms with E-state index in [4.69, 9.17) is 4.99 Å². The molecule has 1 aliphatic rings. The van der Waals surface area contributed by atoms with E-state index in [1.165, 1.54) is 70.6 Å². The van der Waals surface area contributed by atoms with Gasteiger partial charge in [0, 0.05) is 20.3 Å². The summed E-state index contributed by atoms with van der Waals surface area (Å²) in [6, 6.07) is 0. The first kappa shape index (κ1) is 24.9. The zero-order valence-corrected chi connectivity index (χ0v) is 19.1. The molecule has 1 rings (SSSR count). The highest BCUT2D eigenvalue weighted by atomic mass is 16.1. The van der Waals surface area contributed by atoms with Crippen molar-refractivity contribution in [1.82, 2.24) is 5.32 Å². The lowest BCUT2D eigenvalue weighted by Crippen LogP contribution is -2.63. The third-order valence-corrected chi connectivity index (χ3v) is 6.29. The quantitative estimate of drug-likeness (QED) is 0.196. The number of nitrogens with one attached hydrogen (secondary N) is 1. The molecule has 3 atom stereocenters. The maximum absolute atomic E-state index is 11.5. The van der Waals surface area contributed by atoms with Crippen molar-refractivity contribution in [2.45, 2.75) is 117 Å². The molecule has 0 bridgehead atoms. The Kier molecular flexibility index (Phi) is 13.1. The predicted molar refractivity (Wildman–Crippen MR) is 121 cm³/mol. The largest absolute Gasteiger partial charge is 0.307 e. The van der Waals surface area contributed by atoms with Crippen LogP contribution in [0.15, 0.2) is 17.1 Å². The molecule has 1 heterocycles. The van der Waals surface area contributed by atoms with Crippen LogP contribution in [-0.2, 0) is 4.79 Å². The molecule has 0 radical (unpaired) electrons. The minimum absolute atomic E-state index is 0.0561. The highest BCUT2D eigenvalue weighted by molar-refractivity contribution is 5.73. The molecule has 0 aromatic rings. The molecule has 0 aliphatic carbocycles. The van der Waals surface area contributed by atoms with Gasteiger partial charge in [0.1, 0.15) is 6.54 Å². The van der Waals surface area contributed by atoms with E-state index in [9.17, 15) is 4.79 Å². The fourth-order valence-electron chi connectivity index (χ4n) is 4.39. The number of unbranched alkanes of at least 4 members (excludes halogenated alkanes) is 9. The van der Waals surface area contributed by atoms with Gasteiger partial charge in [-0.05, 0) is 32.6 Å². The van der Waals surface area contributed by atoms with Gasteiger partial charge in [-0.15, -0.1) is 0 Å². The summed E-state index contributed by atoms with van der Waals surface area (Å²) >= 11 is 0. The molecule has 0 saturated heterocycles. The molecule has 162 valence electrons. The molecule has 0 saturated carbocycles. The first-order valence-electron chi connectivity index (χ1n) is 11.9. The van der Waals surface area contributed by atoms with Crippen LogP contribution in [0.1, 0.15) is 105 Å². The standard InChI is InChI=1S/C24H45N3O/c1-5-7-8-9-10-11-12-13-14-15-16-17-18-19-24-25-20-21-27(24,6-2)22(3)26-23(4)28/h9-10,20,22,24H,5-8,11-19,21H2,1-4H3/p+1/b10-9+. The number of nitrogens with zero attached hydrogens (tertiary/aromatic N) is 2. The van der Waals surface area contributed by atoms with Crippen molar-refractivity contribution in [2.24, 2.45) is 4.99 Å². The van der Waals surface area contributed by atoms with E-state index in [-0.39, 0.29) is 12.1 Å². The molecular weight excluding hydrogens is 346 g/mol. The summed E-state index contributed by atoms with van der Waals surface area (Å²) in [5.41, 5.74) is 0. The summed E-state index contributed by atoms with van der Waals surface area (Å²) in [4.78, 5) is 16.3. The topological polar surface area (TPSA) is 41.5 Å². The van der Waals surface area contributed by atoms with Crippen molar-refractivity contribution >= 4 is 12.1 Å². The van der Waals surface area contributed by atoms with Crippen molar-refractivity contribution < 1.29 is 9.28 Å². The van der Waals surface area contributed by atoms with Crippen LogP contribution in [0.2, 0.25) is 0 Å². The van der Waals surface area contributed by atoms with Crippen molar-refractivity contribution in [3.8, 4) is 0 Å². The summed E-state index contributed by atoms with van der Waals surface area (Å²) in [5, 5.41) is 3.10. The minimum atomic E-state index is 0.0561. The summed E-state index contributed by atoms with van der Waals surface area (Å²) in [7, 11) is 0. The van der Waals surface area contributed by atoms with E-state index in [0.717, 1.165) is 24.0 Å². The number of allylic oxidation sites excluding steroid dienone is 2. The second-order valence-corrected chi connectivity index (χ2v) is 8.46. The summed E-state index contributed by atoms with van der Waals surface area (Å²) in [6.45, 7) is 10.2. The monoisotopic (exact) mass is 392 g/mol. The Balaban J connectivity index is 2.12. The molecule has 0 spiro atoms. The Labute approximate surface area is 174 Å². The van der Waals surface area contributed by atoms with Gasteiger partial charge in [0.25, 0.3) is 0 Å². The highest BCUT2D eigenvalue weighted by Gasteiger charge is 2.42. The van der Waals surface area contributed by atoms with Crippen LogP contribution in [0.25, 0.3) is 0 Å². The van der Waals surface area contributed by atoms with Crippen LogP contribution in [0.5, 0.6) is 0 Å². The second kappa shape index (κ2) is 14.8. The maximum atomic E-state index is 11.5. The zero-order valence-electron chi connectivity index (χ0n) is 19.1. The minimum Gasteiger partial charge on any atom is -0.307 e. The van der Waals surface area contributed by atoms with Crippen LogP contribution in [0, 0.1) is 0 Å². The first-order valence-corrected chi connectivity index (χ1v) is 11.9. The van der Waals surface area contributed by atoms with Crippen LogP contribution in [-0.4, -0.2) is 42.0 Å². The Morgan fingerprint density at radius 1 is 1.07 bits per heavy atom. The third-order valence-electron chi connectivity index (χ3n) is 6.29. The molecular formula is C24H46N3O+. The number of hydrogen-bond donors (Lipinski definition) is 1. The lowest BCUT2D eigenvalue weighted by molar-refractivity contribution is -0.959. The number of quaternary nitrogens is 1. The summed E-state index contributed by atoms with van der Waals surface area (Å²) in [5.74, 6) is 0.0561. The number of carbonyl (C=O) groups excluding carboxylic acids is 1. The molecule has 0 aromatic heterocycles. The van der Waals surface area contributed by atoms with Gasteiger partial charge in [0.15, 0.2) is 12.3 Å². The van der Waals surface area contributed by atoms with Crippen LogP contribution in [0.4, 0.5) is 0 Å². The van der Waals surface area contributed by atoms with E-state index in [1.54, 1.807) is 6.92 Å². The fraction of sp³-hybridized carbons (Fsp3) is 0.833. The Morgan fingerprint density at radius 3 is 2.29 bits per heavy atom. The van der Waals surface area contributed by atoms with Gasteiger partial charge in [0.05, 0.1) is 12.8 Å².